The second-order valence-corrected chi connectivity index (χ2v) is 5.88. The molecule has 0 saturated carbocycles. The minimum atomic E-state index is -0.607. The summed E-state index contributed by atoms with van der Waals surface area (Å²) in [6.07, 6.45) is 0. The molecule has 0 aromatic heterocycles. The number of carbonyl (C=O) groups is 2. The van der Waals surface area contributed by atoms with Crippen LogP contribution in [-0.4, -0.2) is 32.6 Å². The largest absolute Gasteiger partial charge is 0.497 e. The number of benzene rings is 2. The van der Waals surface area contributed by atoms with Crippen molar-refractivity contribution in [2.24, 2.45) is 0 Å². The zero-order valence-corrected chi connectivity index (χ0v) is 14.9. The summed E-state index contributed by atoms with van der Waals surface area (Å²) >= 11 is 0. The topological polar surface area (TPSA) is 61.8 Å². The zero-order chi connectivity index (χ0) is 18.4. The number of methoxy groups -OCH3 is 2. The summed E-state index contributed by atoms with van der Waals surface area (Å²) in [5.41, 5.74) is 1.93. The Morgan fingerprint density at radius 1 is 0.880 bits per heavy atom. The van der Waals surface area contributed by atoms with Crippen molar-refractivity contribution in [2.75, 3.05) is 20.8 Å². The van der Waals surface area contributed by atoms with E-state index >= 15 is 0 Å². The number of hydrogen-bond donors (Lipinski definition) is 0. The monoisotopic (exact) mass is 342 g/mol. The third-order valence-corrected chi connectivity index (χ3v) is 3.82. The average Bonchev–Trinajstić information content (AvgIpc) is 2.65. The Bertz CT molecular complexity index is 725. The van der Waals surface area contributed by atoms with Gasteiger partial charge >= 0.3 is 5.97 Å². The maximum absolute atomic E-state index is 12.2. The molecule has 2 aromatic carbocycles. The number of rotatable bonds is 7. The van der Waals surface area contributed by atoms with Crippen molar-refractivity contribution < 1.29 is 23.8 Å². The molecule has 0 amide bonds. The van der Waals surface area contributed by atoms with Crippen LogP contribution < -0.4 is 9.47 Å². The Morgan fingerprint density at radius 2 is 1.44 bits per heavy atom. The fourth-order valence-corrected chi connectivity index (χ4v) is 2.28. The fourth-order valence-electron chi connectivity index (χ4n) is 2.28. The Morgan fingerprint density at radius 3 is 1.92 bits per heavy atom. The van der Waals surface area contributed by atoms with Crippen LogP contribution >= 0.6 is 0 Å². The lowest BCUT2D eigenvalue weighted by Gasteiger charge is -2.09. The van der Waals surface area contributed by atoms with Crippen LogP contribution in [0.1, 0.15) is 46.0 Å². The van der Waals surface area contributed by atoms with E-state index < -0.39 is 5.97 Å². The molecule has 0 bridgehead atoms. The standard InChI is InChI=1S/C20H22O5/c1-13(2)14-5-7-15(8-6-14)19(21)12-25-20(22)16-9-17(23-3)11-18(10-16)24-4/h5-11,13H,12H2,1-4H3. The number of carbonyl (C=O) groups excluding carboxylic acids is 2. The molecule has 0 aliphatic heterocycles. The van der Waals surface area contributed by atoms with E-state index in [2.05, 4.69) is 13.8 Å². The van der Waals surface area contributed by atoms with Crippen molar-refractivity contribution in [3.8, 4) is 11.5 Å². The molecule has 0 saturated heterocycles. The molecule has 0 aliphatic carbocycles. The van der Waals surface area contributed by atoms with Gasteiger partial charge in [0.25, 0.3) is 0 Å². The van der Waals surface area contributed by atoms with E-state index in [9.17, 15) is 9.59 Å². The summed E-state index contributed by atoms with van der Waals surface area (Å²) in [5.74, 6) is 0.483. The van der Waals surface area contributed by atoms with Crippen LogP contribution in [0.3, 0.4) is 0 Å². The number of ether oxygens (including phenoxy) is 3. The number of hydrogen-bond acceptors (Lipinski definition) is 5. The van der Waals surface area contributed by atoms with Crippen molar-refractivity contribution in [3.05, 3.63) is 59.2 Å². The van der Waals surface area contributed by atoms with Crippen LogP contribution in [0.15, 0.2) is 42.5 Å². The second kappa shape index (κ2) is 8.33. The maximum atomic E-state index is 12.2. The van der Waals surface area contributed by atoms with Gasteiger partial charge < -0.3 is 14.2 Å². The van der Waals surface area contributed by atoms with E-state index in [1.54, 1.807) is 18.2 Å². The van der Waals surface area contributed by atoms with Gasteiger partial charge in [0.2, 0.25) is 0 Å². The zero-order valence-electron chi connectivity index (χ0n) is 14.9. The molecule has 0 heterocycles. The summed E-state index contributed by atoms with van der Waals surface area (Å²) in [7, 11) is 2.99. The lowest BCUT2D eigenvalue weighted by atomic mass is 10.0. The minimum absolute atomic E-state index is 0.251. The second-order valence-electron chi connectivity index (χ2n) is 5.88. The van der Waals surface area contributed by atoms with Gasteiger partial charge in [0.15, 0.2) is 12.4 Å². The van der Waals surface area contributed by atoms with Crippen molar-refractivity contribution in [3.63, 3.8) is 0 Å². The van der Waals surface area contributed by atoms with Gasteiger partial charge in [0.1, 0.15) is 11.5 Å². The smallest absolute Gasteiger partial charge is 0.338 e. The van der Waals surface area contributed by atoms with Crippen LogP contribution in [-0.2, 0) is 4.74 Å². The van der Waals surface area contributed by atoms with Crippen LogP contribution in [0.25, 0.3) is 0 Å². The summed E-state index contributed by atoms with van der Waals surface area (Å²) in [4.78, 5) is 24.4. The quantitative estimate of drug-likeness (QED) is 0.565. The molecule has 0 radical (unpaired) electrons. The lowest BCUT2D eigenvalue weighted by molar-refractivity contribution is 0.0474. The number of ketones is 1. The molecule has 0 fully saturated rings. The molecule has 5 nitrogen and oxygen atoms in total. The van der Waals surface area contributed by atoms with Crippen LogP contribution in [0.2, 0.25) is 0 Å². The van der Waals surface area contributed by atoms with E-state index in [4.69, 9.17) is 14.2 Å². The van der Waals surface area contributed by atoms with Gasteiger partial charge in [-0.3, -0.25) is 4.79 Å². The van der Waals surface area contributed by atoms with E-state index in [0.29, 0.717) is 23.0 Å². The molecule has 2 rings (SSSR count). The third kappa shape index (κ3) is 4.83. The normalized spacial score (nSPS) is 10.4. The number of Topliss-reactive ketones (excluding diaryl/α,β-unsaturated/α-hetero) is 1. The van der Waals surface area contributed by atoms with Gasteiger partial charge in [0.05, 0.1) is 19.8 Å². The molecule has 5 heteroatoms. The molecule has 132 valence electrons. The molecule has 2 aromatic rings. The molecule has 0 aliphatic rings. The van der Waals surface area contributed by atoms with Gasteiger partial charge in [0, 0.05) is 11.6 Å². The highest BCUT2D eigenvalue weighted by Gasteiger charge is 2.14. The van der Waals surface area contributed by atoms with Crippen molar-refractivity contribution in [2.45, 2.75) is 19.8 Å². The highest BCUT2D eigenvalue weighted by molar-refractivity contribution is 5.99. The molecule has 25 heavy (non-hydrogen) atoms. The van der Waals surface area contributed by atoms with E-state index in [-0.39, 0.29) is 18.0 Å². The van der Waals surface area contributed by atoms with Crippen molar-refractivity contribution >= 4 is 11.8 Å². The summed E-state index contributed by atoms with van der Waals surface area (Å²) in [6, 6.07) is 12.0. The van der Waals surface area contributed by atoms with Gasteiger partial charge in [-0.25, -0.2) is 4.79 Å². The molecule has 0 N–H and O–H groups in total. The van der Waals surface area contributed by atoms with E-state index in [0.717, 1.165) is 5.56 Å². The molecule has 0 atom stereocenters. The molecular formula is C20H22O5. The molecular weight excluding hydrogens is 320 g/mol. The third-order valence-electron chi connectivity index (χ3n) is 3.82. The number of esters is 1. The predicted molar refractivity (Wildman–Crippen MR) is 94.7 cm³/mol. The van der Waals surface area contributed by atoms with Gasteiger partial charge in [-0.1, -0.05) is 38.1 Å². The van der Waals surface area contributed by atoms with Crippen molar-refractivity contribution in [1.29, 1.82) is 0 Å². The Labute approximate surface area is 147 Å². The first-order chi connectivity index (χ1) is 11.9. The van der Waals surface area contributed by atoms with Gasteiger partial charge in [-0.05, 0) is 23.6 Å². The highest BCUT2D eigenvalue weighted by Crippen LogP contribution is 2.23. The Kier molecular flexibility index (Phi) is 6.17. The maximum Gasteiger partial charge on any atom is 0.338 e. The first kappa shape index (κ1) is 18.5. The summed E-state index contributed by atoms with van der Waals surface area (Å²) in [6.45, 7) is 3.85. The summed E-state index contributed by atoms with van der Waals surface area (Å²) in [5, 5.41) is 0. The van der Waals surface area contributed by atoms with Gasteiger partial charge in [-0.2, -0.15) is 0 Å². The van der Waals surface area contributed by atoms with Crippen molar-refractivity contribution in [1.82, 2.24) is 0 Å². The molecule has 0 spiro atoms. The fraction of sp³-hybridized carbons (Fsp3) is 0.300. The minimum Gasteiger partial charge on any atom is -0.497 e. The first-order valence-corrected chi connectivity index (χ1v) is 7.98. The summed E-state index contributed by atoms with van der Waals surface area (Å²) < 4.78 is 15.4. The lowest BCUT2D eigenvalue weighted by Crippen LogP contribution is -2.14. The Balaban J connectivity index is 2.02. The SMILES string of the molecule is COc1cc(OC)cc(C(=O)OCC(=O)c2ccc(C(C)C)cc2)c1. The van der Waals surface area contributed by atoms with E-state index in [1.165, 1.54) is 26.4 Å². The Hall–Kier alpha value is -2.82. The highest BCUT2D eigenvalue weighted by atomic mass is 16.5. The van der Waals surface area contributed by atoms with Crippen LogP contribution in [0, 0.1) is 0 Å². The predicted octanol–water partition coefficient (Wildman–Crippen LogP) is 3.87. The first-order valence-electron chi connectivity index (χ1n) is 7.98. The van der Waals surface area contributed by atoms with E-state index in [1.807, 2.05) is 12.1 Å². The average molecular weight is 342 g/mol. The van der Waals surface area contributed by atoms with Crippen LogP contribution in [0.5, 0.6) is 11.5 Å². The molecule has 0 unspecified atom stereocenters. The van der Waals surface area contributed by atoms with Crippen LogP contribution in [0.4, 0.5) is 0 Å². The van der Waals surface area contributed by atoms with Gasteiger partial charge in [-0.15, -0.1) is 0 Å².